The number of ether oxygens (including phenoxy) is 2. The first-order valence-electron chi connectivity index (χ1n) is 9.30. The number of esters is 1. The Morgan fingerprint density at radius 2 is 1.87 bits per heavy atom. The van der Waals surface area contributed by atoms with Crippen LogP contribution < -0.4 is 14.4 Å². The second kappa shape index (κ2) is 9.62. The molecular weight excluding hydrogens is 408 g/mol. The fourth-order valence-electron chi connectivity index (χ4n) is 2.94. The van der Waals surface area contributed by atoms with Crippen LogP contribution in [0.1, 0.15) is 29.8 Å². The number of nitrogens with one attached hydrogen (secondary N) is 1. The summed E-state index contributed by atoms with van der Waals surface area (Å²) in [5.41, 5.74) is 1.80. The van der Waals surface area contributed by atoms with E-state index in [1.165, 1.54) is 14.0 Å². The fourth-order valence-corrected chi connectivity index (χ4v) is 4.11. The van der Waals surface area contributed by atoms with Gasteiger partial charge in [-0.3, -0.25) is 9.10 Å². The molecule has 0 aliphatic heterocycles. The van der Waals surface area contributed by atoms with Gasteiger partial charge in [-0.15, -0.1) is 0 Å². The molecule has 0 aliphatic rings. The molecule has 0 fully saturated rings. The molecule has 2 aromatic rings. The van der Waals surface area contributed by atoms with E-state index in [4.69, 9.17) is 9.47 Å². The Labute approximate surface area is 176 Å². The highest BCUT2D eigenvalue weighted by Gasteiger charge is 2.29. The Morgan fingerprint density at radius 3 is 2.43 bits per heavy atom. The fraction of sp³-hybridized carbons (Fsp3) is 0.333. The van der Waals surface area contributed by atoms with Crippen molar-refractivity contribution < 1.29 is 27.5 Å². The maximum atomic E-state index is 12.9. The summed E-state index contributed by atoms with van der Waals surface area (Å²) >= 11 is 0. The molecule has 2 rings (SSSR count). The lowest BCUT2D eigenvalue weighted by atomic mass is 10.1. The largest absolute Gasteiger partial charge is 0.497 e. The SMILES string of the molecule is CCOC(=O)c1ccc(NC(=O)[C@H](C)N(c2cccc(OC)c2)S(C)(=O)=O)c(C)c1. The predicted octanol–water partition coefficient (Wildman–Crippen LogP) is 2.97. The second-order valence-corrected chi connectivity index (χ2v) is 8.54. The summed E-state index contributed by atoms with van der Waals surface area (Å²) in [6.45, 7) is 5.22. The molecule has 0 spiro atoms. The number of carbonyl (C=O) groups is 2. The van der Waals surface area contributed by atoms with Crippen molar-refractivity contribution in [3.63, 3.8) is 0 Å². The van der Waals surface area contributed by atoms with E-state index in [0.29, 0.717) is 28.3 Å². The molecule has 0 radical (unpaired) electrons. The quantitative estimate of drug-likeness (QED) is 0.641. The van der Waals surface area contributed by atoms with Crippen molar-refractivity contribution in [2.45, 2.75) is 26.8 Å². The Morgan fingerprint density at radius 1 is 1.17 bits per heavy atom. The second-order valence-electron chi connectivity index (χ2n) is 6.68. The molecule has 0 aliphatic carbocycles. The molecule has 0 aromatic heterocycles. The van der Waals surface area contributed by atoms with Gasteiger partial charge >= 0.3 is 5.97 Å². The van der Waals surface area contributed by atoms with Crippen LogP contribution in [0.4, 0.5) is 11.4 Å². The lowest BCUT2D eigenvalue weighted by Gasteiger charge is -2.28. The summed E-state index contributed by atoms with van der Waals surface area (Å²) in [7, 11) is -2.28. The normalized spacial score (nSPS) is 12.0. The van der Waals surface area contributed by atoms with Gasteiger partial charge in [0.2, 0.25) is 15.9 Å². The van der Waals surface area contributed by atoms with E-state index in [-0.39, 0.29) is 6.61 Å². The van der Waals surface area contributed by atoms with E-state index < -0.39 is 27.9 Å². The van der Waals surface area contributed by atoms with Crippen LogP contribution in [-0.4, -0.2) is 46.3 Å². The molecule has 0 bridgehead atoms. The van der Waals surface area contributed by atoms with Crippen LogP contribution in [0.15, 0.2) is 42.5 Å². The highest BCUT2D eigenvalue weighted by molar-refractivity contribution is 7.92. The third-order valence-corrected chi connectivity index (χ3v) is 5.63. The van der Waals surface area contributed by atoms with Gasteiger partial charge in [0.05, 0.1) is 31.2 Å². The minimum Gasteiger partial charge on any atom is -0.497 e. The van der Waals surface area contributed by atoms with Crippen LogP contribution in [0.2, 0.25) is 0 Å². The Kier molecular flexibility index (Phi) is 7.44. The number of sulfonamides is 1. The molecule has 8 nitrogen and oxygen atoms in total. The highest BCUT2D eigenvalue weighted by Crippen LogP contribution is 2.26. The molecular formula is C21H26N2O6S. The first-order chi connectivity index (χ1) is 14.1. The molecule has 0 saturated heterocycles. The third kappa shape index (κ3) is 5.50. The van der Waals surface area contributed by atoms with Gasteiger partial charge in [-0.05, 0) is 56.7 Å². The standard InChI is InChI=1S/C21H26N2O6S/c1-6-29-21(25)16-10-11-19(14(2)12-16)22-20(24)15(3)23(30(5,26)27)17-8-7-9-18(13-17)28-4/h7-13,15H,6H2,1-5H3,(H,22,24)/t15-/m0/s1. The van der Waals surface area contributed by atoms with E-state index >= 15 is 0 Å². The maximum absolute atomic E-state index is 12.9. The van der Waals surface area contributed by atoms with Crippen molar-refractivity contribution in [3.05, 3.63) is 53.6 Å². The summed E-state index contributed by atoms with van der Waals surface area (Å²) in [5, 5.41) is 2.73. The molecule has 162 valence electrons. The Bertz CT molecular complexity index is 1040. The highest BCUT2D eigenvalue weighted by atomic mass is 32.2. The molecule has 30 heavy (non-hydrogen) atoms. The number of benzene rings is 2. The van der Waals surface area contributed by atoms with Crippen LogP contribution >= 0.6 is 0 Å². The monoisotopic (exact) mass is 434 g/mol. The molecule has 1 N–H and O–H groups in total. The van der Waals surface area contributed by atoms with Gasteiger partial charge in [-0.2, -0.15) is 0 Å². The van der Waals surface area contributed by atoms with Gasteiger partial charge in [0.25, 0.3) is 0 Å². The average molecular weight is 435 g/mol. The number of anilines is 2. The zero-order valence-corrected chi connectivity index (χ0v) is 18.4. The number of nitrogens with zero attached hydrogens (tertiary/aromatic N) is 1. The molecule has 1 atom stereocenters. The first-order valence-corrected chi connectivity index (χ1v) is 11.2. The smallest absolute Gasteiger partial charge is 0.338 e. The van der Waals surface area contributed by atoms with Crippen LogP contribution in [-0.2, 0) is 19.6 Å². The van der Waals surface area contributed by atoms with Crippen molar-refractivity contribution in [2.24, 2.45) is 0 Å². The van der Waals surface area contributed by atoms with Crippen LogP contribution in [0, 0.1) is 6.92 Å². The van der Waals surface area contributed by atoms with E-state index in [9.17, 15) is 18.0 Å². The number of rotatable bonds is 8. The average Bonchev–Trinajstić information content (AvgIpc) is 2.68. The van der Waals surface area contributed by atoms with E-state index in [0.717, 1.165) is 10.6 Å². The van der Waals surface area contributed by atoms with Crippen molar-refractivity contribution in [2.75, 3.05) is 29.6 Å². The number of amides is 1. The van der Waals surface area contributed by atoms with Gasteiger partial charge < -0.3 is 14.8 Å². The number of hydrogen-bond acceptors (Lipinski definition) is 6. The number of hydrogen-bond donors (Lipinski definition) is 1. The lowest BCUT2D eigenvalue weighted by molar-refractivity contribution is -0.116. The van der Waals surface area contributed by atoms with Crippen molar-refractivity contribution >= 4 is 33.3 Å². The number of aryl methyl sites for hydroxylation is 1. The lowest BCUT2D eigenvalue weighted by Crippen LogP contribution is -2.45. The minimum absolute atomic E-state index is 0.263. The molecule has 9 heteroatoms. The van der Waals surface area contributed by atoms with Gasteiger partial charge in [0, 0.05) is 11.8 Å². The zero-order chi connectivity index (χ0) is 22.5. The van der Waals surface area contributed by atoms with Crippen molar-refractivity contribution in [3.8, 4) is 5.75 Å². The van der Waals surface area contributed by atoms with Crippen LogP contribution in [0.3, 0.4) is 0 Å². The molecule has 0 heterocycles. The van der Waals surface area contributed by atoms with Crippen molar-refractivity contribution in [1.29, 1.82) is 0 Å². The molecule has 1 amide bonds. The zero-order valence-electron chi connectivity index (χ0n) is 17.6. The Hall–Kier alpha value is -3.07. The third-order valence-electron chi connectivity index (χ3n) is 4.39. The molecule has 0 unspecified atom stereocenters. The predicted molar refractivity (Wildman–Crippen MR) is 116 cm³/mol. The van der Waals surface area contributed by atoms with Crippen LogP contribution in [0.5, 0.6) is 5.75 Å². The maximum Gasteiger partial charge on any atom is 0.338 e. The summed E-state index contributed by atoms with van der Waals surface area (Å²) in [4.78, 5) is 24.7. The van der Waals surface area contributed by atoms with E-state index in [1.54, 1.807) is 56.3 Å². The summed E-state index contributed by atoms with van der Waals surface area (Å²) in [6, 6.07) is 10.2. The summed E-state index contributed by atoms with van der Waals surface area (Å²) in [5.74, 6) is -0.498. The minimum atomic E-state index is -3.76. The summed E-state index contributed by atoms with van der Waals surface area (Å²) < 4.78 is 36.0. The topological polar surface area (TPSA) is 102 Å². The van der Waals surface area contributed by atoms with Gasteiger partial charge in [-0.1, -0.05) is 6.07 Å². The van der Waals surface area contributed by atoms with E-state index in [1.807, 2.05) is 0 Å². The van der Waals surface area contributed by atoms with Gasteiger partial charge in [0.1, 0.15) is 11.8 Å². The van der Waals surface area contributed by atoms with Gasteiger partial charge in [-0.25, -0.2) is 13.2 Å². The van der Waals surface area contributed by atoms with E-state index in [2.05, 4.69) is 5.32 Å². The number of carbonyl (C=O) groups excluding carboxylic acids is 2. The Balaban J connectivity index is 2.29. The molecule has 2 aromatic carbocycles. The first kappa shape index (κ1) is 23.2. The van der Waals surface area contributed by atoms with Crippen molar-refractivity contribution in [1.82, 2.24) is 0 Å². The van der Waals surface area contributed by atoms with Crippen LogP contribution in [0.25, 0.3) is 0 Å². The number of methoxy groups -OCH3 is 1. The molecule has 0 saturated carbocycles. The van der Waals surface area contributed by atoms with Gasteiger partial charge in [0.15, 0.2) is 0 Å². The summed E-state index contributed by atoms with van der Waals surface area (Å²) in [6.07, 6.45) is 1.04.